The predicted molar refractivity (Wildman–Crippen MR) is 60.5 cm³/mol. The average molecular weight is 210 g/mol. The molecule has 0 heterocycles. The van der Waals surface area contributed by atoms with Crippen LogP contribution in [-0.4, -0.2) is 26.3 Å². The van der Waals surface area contributed by atoms with Gasteiger partial charge in [0.2, 0.25) is 0 Å². The van der Waals surface area contributed by atoms with Crippen molar-refractivity contribution in [1.82, 2.24) is 5.32 Å². The second-order valence-corrected chi connectivity index (χ2v) is 4.66. The van der Waals surface area contributed by atoms with Gasteiger partial charge in [0.1, 0.15) is 0 Å². The van der Waals surface area contributed by atoms with E-state index in [1.54, 1.807) is 7.11 Å². The molecule has 0 aromatic carbocycles. The molecule has 0 aromatic rings. The van der Waals surface area contributed by atoms with E-state index in [2.05, 4.69) is 18.3 Å². The number of hydrogen-bond donors (Lipinski definition) is 1. The lowest BCUT2D eigenvalue weighted by molar-refractivity contribution is 0.158. The Hall–Kier alpha value is -0.590. The van der Waals surface area contributed by atoms with E-state index in [0.29, 0.717) is 17.9 Å². The van der Waals surface area contributed by atoms with Gasteiger partial charge in [-0.25, -0.2) is 0 Å². The maximum Gasteiger partial charge on any atom is 0.0628 e. The summed E-state index contributed by atoms with van der Waals surface area (Å²) >= 11 is 0. The van der Waals surface area contributed by atoms with Crippen LogP contribution in [0.2, 0.25) is 0 Å². The summed E-state index contributed by atoms with van der Waals surface area (Å²) in [6, 6.07) is 2.74. The number of hydrogen-bond acceptors (Lipinski definition) is 3. The largest absolute Gasteiger partial charge is 0.383 e. The van der Waals surface area contributed by atoms with E-state index in [4.69, 9.17) is 10.00 Å². The van der Waals surface area contributed by atoms with Crippen LogP contribution in [0.5, 0.6) is 0 Å². The molecule has 0 bridgehead atoms. The minimum Gasteiger partial charge on any atom is -0.383 e. The zero-order chi connectivity index (χ0) is 11.1. The minimum absolute atomic E-state index is 0.300. The molecule has 86 valence electrons. The fourth-order valence-corrected chi connectivity index (χ4v) is 1.92. The zero-order valence-corrected chi connectivity index (χ0v) is 9.88. The maximum absolute atomic E-state index is 8.71. The Morgan fingerprint density at radius 1 is 1.53 bits per heavy atom. The molecule has 0 aliphatic heterocycles. The van der Waals surface area contributed by atoms with Gasteiger partial charge in [0.25, 0.3) is 0 Å². The van der Waals surface area contributed by atoms with Crippen molar-refractivity contribution in [2.24, 2.45) is 5.41 Å². The van der Waals surface area contributed by atoms with E-state index >= 15 is 0 Å². The molecule has 3 nitrogen and oxygen atoms in total. The topological polar surface area (TPSA) is 45.0 Å². The predicted octanol–water partition coefficient (Wildman–Crippen LogP) is 2.08. The lowest BCUT2D eigenvalue weighted by Crippen LogP contribution is -2.37. The number of nitrogens with one attached hydrogen (secondary N) is 1. The Balaban J connectivity index is 2.24. The van der Waals surface area contributed by atoms with Gasteiger partial charge in [0.15, 0.2) is 0 Å². The smallest absolute Gasteiger partial charge is 0.0628 e. The van der Waals surface area contributed by atoms with Crippen molar-refractivity contribution < 1.29 is 4.74 Å². The summed E-state index contributed by atoms with van der Waals surface area (Å²) in [4.78, 5) is 0. The molecule has 1 atom stereocenters. The number of nitrogens with zero attached hydrogens (tertiary/aromatic N) is 1. The van der Waals surface area contributed by atoms with E-state index in [9.17, 15) is 0 Å². The van der Waals surface area contributed by atoms with Crippen molar-refractivity contribution in [3.05, 3.63) is 0 Å². The summed E-state index contributed by atoms with van der Waals surface area (Å²) in [5, 5.41) is 12.2. The molecule has 1 saturated carbocycles. The van der Waals surface area contributed by atoms with Crippen molar-refractivity contribution >= 4 is 0 Å². The maximum atomic E-state index is 8.71. The second kappa shape index (κ2) is 6.09. The summed E-state index contributed by atoms with van der Waals surface area (Å²) in [5.74, 6) is 0. The Morgan fingerprint density at radius 3 is 2.73 bits per heavy atom. The lowest BCUT2D eigenvalue weighted by atomic mass is 10.0. The molecule has 1 unspecified atom stereocenters. The van der Waals surface area contributed by atoms with Gasteiger partial charge < -0.3 is 10.1 Å². The first kappa shape index (κ1) is 12.5. The van der Waals surface area contributed by atoms with Crippen LogP contribution in [0.1, 0.15) is 39.0 Å². The SMILES string of the molecule is CCCC(COC)NCC1(CC#N)CC1. The number of ether oxygens (including phenoxy) is 1. The van der Waals surface area contributed by atoms with Crippen LogP contribution in [0.4, 0.5) is 0 Å². The normalized spacial score (nSPS) is 19.5. The van der Waals surface area contributed by atoms with Gasteiger partial charge in [-0.15, -0.1) is 0 Å². The Morgan fingerprint density at radius 2 is 2.27 bits per heavy atom. The molecule has 3 heteroatoms. The van der Waals surface area contributed by atoms with Crippen LogP contribution in [0.15, 0.2) is 0 Å². The molecule has 0 amide bonds. The molecule has 0 saturated heterocycles. The zero-order valence-electron chi connectivity index (χ0n) is 9.88. The van der Waals surface area contributed by atoms with E-state index < -0.39 is 0 Å². The summed E-state index contributed by atoms with van der Waals surface area (Å²) in [6.07, 6.45) is 5.44. The van der Waals surface area contributed by atoms with Crippen molar-refractivity contribution in [3.63, 3.8) is 0 Å². The molecule has 0 spiro atoms. The third-order valence-electron chi connectivity index (χ3n) is 3.18. The Bertz CT molecular complexity index is 212. The van der Waals surface area contributed by atoms with Gasteiger partial charge >= 0.3 is 0 Å². The van der Waals surface area contributed by atoms with Crippen molar-refractivity contribution in [2.75, 3.05) is 20.3 Å². The van der Waals surface area contributed by atoms with Gasteiger partial charge in [-0.05, 0) is 24.7 Å². The lowest BCUT2D eigenvalue weighted by Gasteiger charge is -2.20. The highest BCUT2D eigenvalue weighted by Gasteiger charge is 2.42. The van der Waals surface area contributed by atoms with Crippen molar-refractivity contribution in [3.8, 4) is 6.07 Å². The fraction of sp³-hybridized carbons (Fsp3) is 0.917. The minimum atomic E-state index is 0.300. The number of methoxy groups -OCH3 is 1. The van der Waals surface area contributed by atoms with E-state index in [1.165, 1.54) is 19.3 Å². The summed E-state index contributed by atoms with van der Waals surface area (Å²) < 4.78 is 5.17. The number of nitriles is 1. The molecule has 15 heavy (non-hydrogen) atoms. The highest BCUT2D eigenvalue weighted by Crippen LogP contribution is 2.47. The summed E-state index contributed by atoms with van der Waals surface area (Å²) in [5.41, 5.74) is 0.300. The highest BCUT2D eigenvalue weighted by molar-refractivity contribution is 5.01. The first-order valence-corrected chi connectivity index (χ1v) is 5.85. The first-order chi connectivity index (χ1) is 7.26. The van der Waals surface area contributed by atoms with Gasteiger partial charge in [-0.1, -0.05) is 13.3 Å². The number of rotatable bonds is 8. The van der Waals surface area contributed by atoms with Crippen LogP contribution < -0.4 is 5.32 Å². The van der Waals surface area contributed by atoms with Gasteiger partial charge in [0, 0.05) is 26.1 Å². The molecular weight excluding hydrogens is 188 g/mol. The van der Waals surface area contributed by atoms with Gasteiger partial charge in [-0.3, -0.25) is 0 Å². The average Bonchev–Trinajstić information content (AvgIpc) is 2.97. The Labute approximate surface area is 92.8 Å². The quantitative estimate of drug-likeness (QED) is 0.667. The van der Waals surface area contributed by atoms with Crippen LogP contribution in [0.3, 0.4) is 0 Å². The third kappa shape index (κ3) is 4.19. The molecule has 1 aliphatic rings. The molecule has 0 radical (unpaired) electrons. The molecular formula is C12H22N2O. The monoisotopic (exact) mass is 210 g/mol. The van der Waals surface area contributed by atoms with Crippen molar-refractivity contribution in [1.29, 1.82) is 5.26 Å². The first-order valence-electron chi connectivity index (χ1n) is 5.85. The van der Waals surface area contributed by atoms with Crippen LogP contribution in [-0.2, 0) is 4.74 Å². The molecule has 1 fully saturated rings. The summed E-state index contributed by atoms with van der Waals surface area (Å²) in [6.45, 7) is 3.94. The van der Waals surface area contributed by atoms with Crippen LogP contribution in [0.25, 0.3) is 0 Å². The Kier molecular flexibility index (Phi) is 5.07. The fourth-order valence-electron chi connectivity index (χ4n) is 1.92. The van der Waals surface area contributed by atoms with E-state index in [1.807, 2.05) is 0 Å². The van der Waals surface area contributed by atoms with E-state index in [-0.39, 0.29) is 0 Å². The van der Waals surface area contributed by atoms with Crippen LogP contribution in [0, 0.1) is 16.7 Å². The standard InChI is InChI=1S/C12H22N2O/c1-3-4-11(9-15-2)14-10-12(5-6-12)7-8-13/h11,14H,3-7,9-10H2,1-2H3. The second-order valence-electron chi connectivity index (χ2n) is 4.66. The van der Waals surface area contributed by atoms with Crippen molar-refractivity contribution in [2.45, 2.75) is 45.1 Å². The van der Waals surface area contributed by atoms with Gasteiger partial charge in [-0.2, -0.15) is 5.26 Å². The van der Waals surface area contributed by atoms with Crippen LogP contribution >= 0.6 is 0 Å². The molecule has 1 N–H and O–H groups in total. The molecule has 1 rings (SSSR count). The molecule has 1 aliphatic carbocycles. The highest BCUT2D eigenvalue weighted by atomic mass is 16.5. The third-order valence-corrected chi connectivity index (χ3v) is 3.18. The van der Waals surface area contributed by atoms with Gasteiger partial charge in [0.05, 0.1) is 12.7 Å². The summed E-state index contributed by atoms with van der Waals surface area (Å²) in [7, 11) is 1.74. The van der Waals surface area contributed by atoms with E-state index in [0.717, 1.165) is 19.6 Å². The molecule has 0 aromatic heterocycles.